The molecule has 0 bridgehead atoms. The fourth-order valence-corrected chi connectivity index (χ4v) is 4.21. The highest BCUT2D eigenvalue weighted by molar-refractivity contribution is 5.75. The topological polar surface area (TPSA) is 73.2 Å². The minimum atomic E-state index is -0.363. The van der Waals surface area contributed by atoms with Gasteiger partial charge in [-0.15, -0.1) is 0 Å². The molecule has 0 unspecified atom stereocenters. The minimum absolute atomic E-state index is 0.104. The average Bonchev–Trinajstić information content (AvgIpc) is 3.35. The summed E-state index contributed by atoms with van der Waals surface area (Å²) in [6, 6.07) is 10.4. The number of likely N-dealkylation sites (N-methyl/N-ethyl adjacent to an activating group) is 1. The van der Waals surface area contributed by atoms with E-state index in [1.165, 1.54) is 0 Å². The lowest BCUT2D eigenvalue weighted by atomic mass is 10.2. The van der Waals surface area contributed by atoms with Gasteiger partial charge in [-0.2, -0.15) is 5.10 Å². The normalized spacial score (nSPS) is 20.6. The van der Waals surface area contributed by atoms with E-state index in [9.17, 15) is 5.11 Å². The van der Waals surface area contributed by atoms with E-state index < -0.39 is 0 Å². The summed E-state index contributed by atoms with van der Waals surface area (Å²) in [5.41, 5.74) is 4.39. The van der Waals surface area contributed by atoms with Crippen molar-refractivity contribution in [1.82, 2.24) is 29.5 Å². The first-order valence-corrected chi connectivity index (χ1v) is 10.1. The maximum Gasteiger partial charge on any atom is 0.123 e. The molecule has 7 heteroatoms. The highest BCUT2D eigenvalue weighted by atomic mass is 16.3. The first-order chi connectivity index (χ1) is 13.5. The average molecular weight is 383 g/mol. The van der Waals surface area contributed by atoms with Gasteiger partial charge >= 0.3 is 0 Å². The van der Waals surface area contributed by atoms with Crippen LogP contribution in [-0.4, -0.2) is 66.9 Å². The van der Waals surface area contributed by atoms with Crippen molar-refractivity contribution in [2.75, 3.05) is 20.1 Å². The van der Waals surface area contributed by atoms with Gasteiger partial charge in [0.15, 0.2) is 0 Å². The summed E-state index contributed by atoms with van der Waals surface area (Å²) >= 11 is 0. The Labute approximate surface area is 166 Å². The Morgan fingerprint density at radius 3 is 2.89 bits per heavy atom. The number of fused-ring (bicyclic) bond motifs is 1. The van der Waals surface area contributed by atoms with Crippen LogP contribution in [-0.2, 0) is 26.6 Å². The Morgan fingerprint density at radius 1 is 1.29 bits per heavy atom. The number of aliphatic hydroxyl groups excluding tert-OH is 1. The fraction of sp³-hybridized carbons (Fsp3) is 0.524. The van der Waals surface area contributed by atoms with Crippen LogP contribution >= 0.6 is 0 Å². The number of imidazole rings is 1. The van der Waals surface area contributed by atoms with Gasteiger partial charge in [0, 0.05) is 38.4 Å². The Balaban J connectivity index is 1.39. The van der Waals surface area contributed by atoms with Gasteiger partial charge in [-0.25, -0.2) is 4.98 Å². The number of nitrogens with zero attached hydrogens (tertiary/aromatic N) is 5. The van der Waals surface area contributed by atoms with Gasteiger partial charge in [-0.05, 0) is 31.7 Å². The van der Waals surface area contributed by atoms with Gasteiger partial charge in [-0.1, -0.05) is 25.5 Å². The van der Waals surface area contributed by atoms with Gasteiger partial charge in [0.25, 0.3) is 0 Å². The monoisotopic (exact) mass is 382 g/mol. The van der Waals surface area contributed by atoms with E-state index in [1.54, 1.807) is 0 Å². The number of aromatic nitrogens is 4. The molecule has 2 N–H and O–H groups in total. The Hall–Kier alpha value is -2.22. The molecule has 1 aromatic carbocycles. The van der Waals surface area contributed by atoms with E-state index in [2.05, 4.69) is 57.7 Å². The Kier molecular flexibility index (Phi) is 5.48. The molecule has 1 aliphatic heterocycles. The molecule has 1 aliphatic rings. The number of β-amino-alcohol motifs (C(OH)–C–C–N with tert-alkyl or cyclic N) is 1. The van der Waals surface area contributed by atoms with E-state index in [4.69, 9.17) is 4.98 Å². The fourth-order valence-electron chi connectivity index (χ4n) is 4.21. The summed E-state index contributed by atoms with van der Waals surface area (Å²) in [4.78, 5) is 9.29. The predicted molar refractivity (Wildman–Crippen MR) is 110 cm³/mol. The molecule has 0 radical (unpaired) electrons. The highest BCUT2D eigenvalue weighted by Gasteiger charge is 2.34. The van der Waals surface area contributed by atoms with E-state index >= 15 is 0 Å². The Bertz CT molecular complexity index is 932. The second-order valence-corrected chi connectivity index (χ2v) is 7.95. The van der Waals surface area contributed by atoms with E-state index in [0.717, 1.165) is 60.7 Å². The number of aromatic amines is 1. The lowest BCUT2D eigenvalue weighted by Gasteiger charge is -2.25. The molecule has 0 saturated carbocycles. The predicted octanol–water partition coefficient (Wildman–Crippen LogP) is 1.93. The molecule has 7 nitrogen and oxygen atoms in total. The lowest BCUT2D eigenvalue weighted by molar-refractivity contribution is 0.0942. The third kappa shape index (κ3) is 3.83. The van der Waals surface area contributed by atoms with Gasteiger partial charge in [-0.3, -0.25) is 14.9 Å². The summed E-state index contributed by atoms with van der Waals surface area (Å²) in [6.07, 6.45) is 1.73. The smallest absolute Gasteiger partial charge is 0.123 e. The minimum Gasteiger partial charge on any atom is -0.390 e. The van der Waals surface area contributed by atoms with Crippen molar-refractivity contribution in [3.8, 4) is 0 Å². The molecule has 0 amide bonds. The molecule has 4 rings (SSSR count). The first-order valence-electron chi connectivity index (χ1n) is 10.1. The summed E-state index contributed by atoms with van der Waals surface area (Å²) in [5.74, 6) is 1.04. The summed E-state index contributed by atoms with van der Waals surface area (Å²) in [7, 11) is 4.14. The van der Waals surface area contributed by atoms with Gasteiger partial charge in [0.2, 0.25) is 0 Å². The molecule has 0 spiro atoms. The molecule has 1 saturated heterocycles. The standard InChI is InChI=1S/C21H30N6O/c1-4-7-15-10-16(24-23-15)11-25(2)19-12-27(13-20(19)28)14-21-22-17-8-5-6-9-18(17)26(21)3/h5-6,8-10,19-20,28H,4,7,11-14H2,1-3H3,(H,23,24)/t19-,20-/m1/s1. The quantitative estimate of drug-likeness (QED) is 0.653. The van der Waals surface area contributed by atoms with E-state index in [0.29, 0.717) is 6.54 Å². The zero-order chi connectivity index (χ0) is 19.7. The molecule has 3 aromatic rings. The zero-order valence-electron chi connectivity index (χ0n) is 17.0. The van der Waals surface area contributed by atoms with Crippen LogP contribution in [0.4, 0.5) is 0 Å². The molecule has 2 aromatic heterocycles. The van der Waals surface area contributed by atoms with Crippen LogP contribution < -0.4 is 0 Å². The van der Waals surface area contributed by atoms with Crippen molar-refractivity contribution in [2.45, 2.75) is 45.0 Å². The third-order valence-corrected chi connectivity index (χ3v) is 5.76. The molecule has 150 valence electrons. The molecule has 28 heavy (non-hydrogen) atoms. The van der Waals surface area contributed by atoms with E-state index in [1.807, 2.05) is 18.2 Å². The molecular formula is C21H30N6O. The largest absolute Gasteiger partial charge is 0.390 e. The number of nitrogens with one attached hydrogen (secondary N) is 1. The molecular weight excluding hydrogens is 352 g/mol. The van der Waals surface area contributed by atoms with Gasteiger partial charge < -0.3 is 9.67 Å². The molecule has 3 heterocycles. The van der Waals surface area contributed by atoms with E-state index in [-0.39, 0.29) is 12.1 Å². The van der Waals surface area contributed by atoms with Gasteiger partial charge in [0.05, 0.1) is 29.4 Å². The van der Waals surface area contributed by atoms with Crippen LogP contribution in [0.1, 0.15) is 30.6 Å². The second-order valence-electron chi connectivity index (χ2n) is 7.95. The zero-order valence-corrected chi connectivity index (χ0v) is 17.0. The van der Waals surface area contributed by atoms with Crippen LogP contribution in [0, 0.1) is 0 Å². The number of aliphatic hydroxyl groups is 1. The van der Waals surface area contributed by atoms with Crippen molar-refractivity contribution >= 4 is 11.0 Å². The first kappa shape index (κ1) is 19.1. The lowest BCUT2D eigenvalue weighted by Crippen LogP contribution is -2.40. The van der Waals surface area contributed by atoms with Crippen LogP contribution in [0.5, 0.6) is 0 Å². The number of aryl methyl sites for hydroxylation is 2. The number of hydrogen-bond acceptors (Lipinski definition) is 5. The molecule has 1 fully saturated rings. The number of hydrogen-bond donors (Lipinski definition) is 2. The van der Waals surface area contributed by atoms with Crippen LogP contribution in [0.3, 0.4) is 0 Å². The van der Waals surface area contributed by atoms with Crippen molar-refractivity contribution in [3.05, 3.63) is 47.5 Å². The SMILES string of the molecule is CCCc1cc(CN(C)[C@@H]2CN(Cc3nc4ccccc4n3C)C[C@H]2O)[nH]n1. The maximum absolute atomic E-state index is 10.6. The number of para-hydroxylation sites is 2. The number of benzene rings is 1. The van der Waals surface area contributed by atoms with Crippen molar-refractivity contribution in [1.29, 1.82) is 0 Å². The van der Waals surface area contributed by atoms with Crippen LogP contribution in [0.25, 0.3) is 11.0 Å². The Morgan fingerprint density at radius 2 is 2.11 bits per heavy atom. The van der Waals surface area contributed by atoms with Crippen molar-refractivity contribution in [2.24, 2.45) is 7.05 Å². The number of likely N-dealkylation sites (tertiary alicyclic amines) is 1. The molecule has 2 atom stereocenters. The third-order valence-electron chi connectivity index (χ3n) is 5.76. The number of rotatable bonds is 7. The van der Waals surface area contributed by atoms with Crippen LogP contribution in [0.15, 0.2) is 30.3 Å². The highest BCUT2D eigenvalue weighted by Crippen LogP contribution is 2.21. The molecule has 0 aliphatic carbocycles. The maximum atomic E-state index is 10.6. The van der Waals surface area contributed by atoms with Crippen molar-refractivity contribution < 1.29 is 5.11 Å². The summed E-state index contributed by atoms with van der Waals surface area (Å²) in [5, 5.41) is 18.2. The van der Waals surface area contributed by atoms with Gasteiger partial charge in [0.1, 0.15) is 5.82 Å². The summed E-state index contributed by atoms with van der Waals surface area (Å²) in [6.45, 7) is 5.17. The van der Waals surface area contributed by atoms with Crippen molar-refractivity contribution in [3.63, 3.8) is 0 Å². The second kappa shape index (κ2) is 8.03. The summed E-state index contributed by atoms with van der Waals surface area (Å²) < 4.78 is 2.15. The number of H-pyrrole nitrogens is 1. The van der Waals surface area contributed by atoms with Crippen LogP contribution in [0.2, 0.25) is 0 Å².